The van der Waals surface area contributed by atoms with E-state index >= 15 is 0 Å². The first-order chi connectivity index (χ1) is 27.9. The molecule has 22 atom stereocenters. The third kappa shape index (κ3) is 12.0. The fraction of sp³-hybridized carbons (Fsp3) is 1.00. The van der Waals surface area contributed by atoms with Crippen molar-refractivity contribution in [2.24, 2.45) is 45.9 Å². The second-order valence-corrected chi connectivity index (χ2v) is 16.8. The highest BCUT2D eigenvalue weighted by atomic mass is 16.7. The molecule has 5 rings (SSSR count). The number of aliphatic hydroxyl groups excluding tert-OH is 8. The zero-order valence-corrected chi connectivity index (χ0v) is 33.4. The lowest BCUT2D eigenvalue weighted by molar-refractivity contribution is -0.292. The average Bonchev–Trinajstić information content (AvgIpc) is 3.42. The molecule has 3 saturated heterocycles. The van der Waals surface area contributed by atoms with Gasteiger partial charge in [0.15, 0.2) is 12.6 Å². The summed E-state index contributed by atoms with van der Waals surface area (Å²) in [5.41, 5.74) is 48.7. The first kappa shape index (κ1) is 49.1. The molecule has 0 aromatic heterocycles. The van der Waals surface area contributed by atoms with Crippen LogP contribution in [0.25, 0.3) is 0 Å². The molecule has 3 aliphatic heterocycles. The van der Waals surface area contributed by atoms with Crippen molar-refractivity contribution in [3.63, 3.8) is 0 Å². The smallest absolute Gasteiger partial charge is 0.176 e. The summed E-state index contributed by atoms with van der Waals surface area (Å²) in [5.74, 6) is 0. The number of hydrogen-bond acceptors (Lipinski definition) is 24. The van der Waals surface area contributed by atoms with Gasteiger partial charge in [-0.2, -0.15) is 0 Å². The monoisotopic (exact) mass is 857 g/mol. The third-order valence-corrected chi connectivity index (χ3v) is 12.3. The van der Waals surface area contributed by atoms with Gasteiger partial charge in [0, 0.05) is 63.4 Å². The molecule has 3 heterocycles. The number of ether oxygens (including phenoxy) is 6. The molecule has 0 unspecified atom stereocenters. The molecule has 24 N–H and O–H groups in total. The average molecular weight is 857 g/mol. The second kappa shape index (κ2) is 22.1. The van der Waals surface area contributed by atoms with Crippen molar-refractivity contribution in [3.05, 3.63) is 0 Å². The highest BCUT2D eigenvalue weighted by Gasteiger charge is 2.51. The molecule has 2 aliphatic carbocycles. The number of hydrogen-bond donors (Lipinski definition) is 16. The van der Waals surface area contributed by atoms with Crippen LogP contribution in [0.1, 0.15) is 19.3 Å². The Morgan fingerprint density at radius 3 is 1.24 bits per heavy atom. The molecular weight excluding hydrogens is 784 g/mol. The minimum Gasteiger partial charge on any atom is -0.389 e. The predicted molar refractivity (Wildman–Crippen MR) is 207 cm³/mol. The zero-order valence-electron chi connectivity index (χ0n) is 33.4. The Kier molecular flexibility index (Phi) is 18.4. The van der Waals surface area contributed by atoms with Crippen molar-refractivity contribution < 1.29 is 69.3 Å². The van der Waals surface area contributed by atoms with E-state index in [4.69, 9.17) is 74.3 Å². The van der Waals surface area contributed by atoms with E-state index < -0.39 is 134 Å². The standard InChI is InChI=1S/C35H72N10O14/c36-8-20-26(50)28(52)22(42)34(56-20)58-30-18(40)6-16(38)24(48)32(30)54-12-14(46)10-44-2-1-3-45(5-4-44)11-15(47)13-55-33-25(49)17(39)7-19(41)31(33)59-35-23(43)29(53)27(51)21(9-37)57-35/h14-35,46-53H,1-13,36-43H2/t14-,15-,16-,17-,18+,19+,20-,21-,22-,23-,24+,25+,26-,27-,28-,29-,30-,31-,32-,33-,34-,35-/m1/s1. The summed E-state index contributed by atoms with van der Waals surface area (Å²) in [4.78, 5) is 4.11. The van der Waals surface area contributed by atoms with E-state index in [1.165, 1.54) is 0 Å². The molecule has 346 valence electrons. The van der Waals surface area contributed by atoms with E-state index in [-0.39, 0.29) is 52.2 Å². The molecule has 0 radical (unpaired) electrons. The van der Waals surface area contributed by atoms with Crippen LogP contribution in [0.4, 0.5) is 0 Å². The van der Waals surface area contributed by atoms with Crippen LogP contribution in [0.3, 0.4) is 0 Å². The van der Waals surface area contributed by atoms with Crippen molar-refractivity contribution in [1.82, 2.24) is 9.80 Å². The third-order valence-electron chi connectivity index (χ3n) is 12.3. The summed E-state index contributed by atoms with van der Waals surface area (Å²) in [6.45, 7) is 2.27. The van der Waals surface area contributed by atoms with Gasteiger partial charge in [0.2, 0.25) is 0 Å². The number of aliphatic hydroxyl groups is 8. The molecule has 5 fully saturated rings. The second-order valence-electron chi connectivity index (χ2n) is 16.8. The fourth-order valence-corrected chi connectivity index (χ4v) is 8.67. The van der Waals surface area contributed by atoms with Crippen LogP contribution in [0.5, 0.6) is 0 Å². The lowest BCUT2D eigenvalue weighted by Crippen LogP contribution is -2.68. The van der Waals surface area contributed by atoms with Crippen LogP contribution in [0.15, 0.2) is 0 Å². The fourth-order valence-electron chi connectivity index (χ4n) is 8.67. The van der Waals surface area contributed by atoms with E-state index in [0.29, 0.717) is 26.2 Å². The van der Waals surface area contributed by atoms with Gasteiger partial charge in [-0.25, -0.2) is 0 Å². The molecule has 2 saturated carbocycles. The molecule has 0 aromatic carbocycles. The van der Waals surface area contributed by atoms with Crippen LogP contribution in [-0.2, 0) is 28.4 Å². The topological polar surface area (TPSA) is 432 Å². The zero-order chi connectivity index (χ0) is 43.3. The van der Waals surface area contributed by atoms with Gasteiger partial charge < -0.3 is 115 Å². The summed E-state index contributed by atoms with van der Waals surface area (Å²) in [5, 5.41) is 85.5. The Morgan fingerprint density at radius 1 is 0.508 bits per heavy atom. The van der Waals surface area contributed by atoms with Crippen molar-refractivity contribution in [3.8, 4) is 0 Å². The van der Waals surface area contributed by atoms with Crippen molar-refractivity contribution in [2.75, 3.05) is 65.6 Å². The Morgan fingerprint density at radius 2 is 0.881 bits per heavy atom. The Labute approximate surface area is 343 Å². The van der Waals surface area contributed by atoms with Gasteiger partial charge in [-0.3, -0.25) is 9.80 Å². The van der Waals surface area contributed by atoms with Crippen molar-refractivity contribution in [1.29, 1.82) is 0 Å². The molecule has 0 aromatic rings. The molecule has 24 nitrogen and oxygen atoms in total. The first-order valence-corrected chi connectivity index (χ1v) is 20.6. The highest BCUT2D eigenvalue weighted by Crippen LogP contribution is 2.30. The maximum absolute atomic E-state index is 11.0. The largest absolute Gasteiger partial charge is 0.389 e. The van der Waals surface area contributed by atoms with Gasteiger partial charge in [-0.15, -0.1) is 0 Å². The van der Waals surface area contributed by atoms with Crippen LogP contribution in [0, 0.1) is 0 Å². The number of nitrogens with zero attached hydrogens (tertiary/aromatic N) is 2. The quantitative estimate of drug-likeness (QED) is 0.0685. The van der Waals surface area contributed by atoms with Gasteiger partial charge in [-0.05, 0) is 32.4 Å². The summed E-state index contributed by atoms with van der Waals surface area (Å²) < 4.78 is 35.6. The van der Waals surface area contributed by atoms with E-state index in [1.54, 1.807) is 0 Å². The predicted octanol–water partition coefficient (Wildman–Crippen LogP) is -10.4. The Balaban J connectivity index is 1.09. The first-order valence-electron chi connectivity index (χ1n) is 20.6. The van der Waals surface area contributed by atoms with E-state index in [0.717, 1.165) is 6.42 Å². The number of β-amino-alcohol motifs (C(OH)–C–C–N with tert-alkyl or cyclic N) is 2. The van der Waals surface area contributed by atoms with Gasteiger partial charge in [-0.1, -0.05) is 0 Å². The SMILES string of the molecule is NC[C@H]1O[C@H](O[C@H]2[C@H](OC[C@H](O)CN3CCCN(C[C@@H](O)CO[C@@H]4[C@@H](O)[C@H](N)C[C@H](N)[C@H]4O[C@H]4O[C@H](CN)[C@@H](O)[C@H](O)[C@H]4N)CC3)[C@@H](O)[C@H](N)C[C@@H]2N)[C@H](N)[C@@H](O)[C@@H]1O. The molecule has 0 bridgehead atoms. The minimum atomic E-state index is -1.39. The van der Waals surface area contributed by atoms with Crippen LogP contribution in [-0.4, -0.2) is 251 Å². The van der Waals surface area contributed by atoms with Crippen LogP contribution < -0.4 is 45.9 Å². The van der Waals surface area contributed by atoms with Gasteiger partial charge in [0.25, 0.3) is 0 Å². The van der Waals surface area contributed by atoms with Crippen molar-refractivity contribution in [2.45, 2.75) is 154 Å². The lowest BCUT2D eigenvalue weighted by Gasteiger charge is -2.47. The summed E-state index contributed by atoms with van der Waals surface area (Å²) in [7, 11) is 0. The number of nitrogens with two attached hydrogens (primary N) is 8. The van der Waals surface area contributed by atoms with Gasteiger partial charge in [0.1, 0.15) is 61.0 Å². The van der Waals surface area contributed by atoms with E-state index in [1.807, 2.05) is 0 Å². The maximum Gasteiger partial charge on any atom is 0.176 e. The minimum absolute atomic E-state index is 0.108. The molecule has 24 heteroatoms. The van der Waals surface area contributed by atoms with Gasteiger partial charge in [0.05, 0.1) is 49.7 Å². The van der Waals surface area contributed by atoms with E-state index in [2.05, 4.69) is 9.80 Å². The summed E-state index contributed by atoms with van der Waals surface area (Å²) in [6.07, 6.45) is -17.2. The molecule has 59 heavy (non-hydrogen) atoms. The van der Waals surface area contributed by atoms with Crippen LogP contribution in [0.2, 0.25) is 0 Å². The van der Waals surface area contributed by atoms with Crippen LogP contribution >= 0.6 is 0 Å². The highest BCUT2D eigenvalue weighted by molar-refractivity contribution is 5.02. The Hall–Kier alpha value is -0.960. The van der Waals surface area contributed by atoms with E-state index in [9.17, 15) is 40.9 Å². The maximum atomic E-state index is 11.0. The van der Waals surface area contributed by atoms with Crippen molar-refractivity contribution >= 4 is 0 Å². The normalized spacial score (nSPS) is 46.8. The summed E-state index contributed by atoms with van der Waals surface area (Å²) in [6, 6.07) is -5.20. The Bertz CT molecular complexity index is 1170. The molecular formula is C35H72N10O14. The van der Waals surface area contributed by atoms with Gasteiger partial charge >= 0.3 is 0 Å². The lowest BCUT2D eigenvalue weighted by atomic mass is 9.84. The molecule has 5 aliphatic rings. The number of rotatable bonds is 16. The molecule has 0 amide bonds. The summed E-state index contributed by atoms with van der Waals surface area (Å²) >= 11 is 0. The molecule has 0 spiro atoms.